The summed E-state index contributed by atoms with van der Waals surface area (Å²) in [5.74, 6) is 0. The van der Waals surface area contributed by atoms with Gasteiger partial charge in [0.15, 0.2) is 0 Å². The van der Waals surface area contributed by atoms with E-state index in [1.807, 2.05) is 182 Å². The third-order valence-corrected chi connectivity index (χ3v) is 13.1. The molecule has 0 saturated carbocycles. The van der Waals surface area contributed by atoms with Crippen LogP contribution in [0.3, 0.4) is 0 Å². The molecule has 0 radical (unpaired) electrons. The van der Waals surface area contributed by atoms with Crippen LogP contribution in [-0.2, 0) is 46.3 Å². The molecule has 6 aromatic carbocycles. The third kappa shape index (κ3) is 9.05. The van der Waals surface area contributed by atoms with Gasteiger partial charge in [-0.05, 0) is 46.2 Å². The molecule has 0 spiro atoms. The Morgan fingerprint density at radius 2 is 0.630 bits per heavy atom. The molecule has 2 saturated heterocycles. The van der Waals surface area contributed by atoms with Gasteiger partial charge in [-0.1, -0.05) is 182 Å². The largest absolute Gasteiger partial charge is 0.280 e. The summed E-state index contributed by atoms with van der Waals surface area (Å²) in [6.45, 7) is 0.716. The van der Waals surface area contributed by atoms with E-state index in [4.69, 9.17) is 0 Å². The molecule has 2 fully saturated rings. The minimum absolute atomic E-state index is 0.194. The van der Waals surface area contributed by atoms with Crippen molar-refractivity contribution in [1.82, 2.24) is 18.1 Å². The molecule has 276 valence electrons. The molecule has 2 aliphatic rings. The van der Waals surface area contributed by atoms with Gasteiger partial charge in [-0.3, -0.25) is 0 Å². The maximum absolute atomic E-state index is 13.0. The van der Waals surface area contributed by atoms with Crippen molar-refractivity contribution in [3.63, 3.8) is 0 Å². The Bertz CT molecular complexity index is 2120. The lowest BCUT2D eigenvalue weighted by atomic mass is 9.94. The molecular formula is C44H44N4O4S2. The molecule has 0 aliphatic carbocycles. The van der Waals surface area contributed by atoms with Crippen molar-refractivity contribution in [2.45, 2.75) is 50.1 Å². The minimum atomic E-state index is -3.57. The standard InChI is InChI=1S/2C22H22N2O2S/c2*25-27(26)23-22(20-14-8-3-9-15-20)21(16-18-10-4-1-5-11-18)24(27)17-19-12-6-2-7-13-19/h2*1-15,21-23H,16-17H2/t2*21-,22-/m10/s1. The molecule has 0 bridgehead atoms. The molecule has 2 N–H and O–H groups in total. The van der Waals surface area contributed by atoms with Crippen LogP contribution in [0.25, 0.3) is 0 Å². The summed E-state index contributed by atoms with van der Waals surface area (Å²) in [5.41, 5.74) is 6.18. The first-order valence-corrected chi connectivity index (χ1v) is 21.0. The lowest BCUT2D eigenvalue weighted by Crippen LogP contribution is -2.36. The van der Waals surface area contributed by atoms with Gasteiger partial charge in [0.1, 0.15) is 0 Å². The SMILES string of the molecule is O=S1(=O)N[C@@H](c2ccccc2)[C@H](Cc2ccccc2)N1Cc1ccccc1.O=S1(=O)N[C@H](c2ccccc2)[C@@H](Cc2ccccc2)N1Cc1ccccc1. The van der Waals surface area contributed by atoms with Gasteiger partial charge < -0.3 is 0 Å². The Morgan fingerprint density at radius 3 is 0.926 bits per heavy atom. The van der Waals surface area contributed by atoms with E-state index in [9.17, 15) is 16.8 Å². The van der Waals surface area contributed by atoms with Gasteiger partial charge in [0.05, 0.1) is 24.2 Å². The van der Waals surface area contributed by atoms with Crippen LogP contribution in [0.4, 0.5) is 0 Å². The zero-order valence-corrected chi connectivity index (χ0v) is 31.4. The molecule has 0 amide bonds. The highest BCUT2D eigenvalue weighted by Gasteiger charge is 2.46. The van der Waals surface area contributed by atoms with Crippen molar-refractivity contribution in [2.75, 3.05) is 0 Å². The Balaban J connectivity index is 0.000000167. The molecule has 8 rings (SSSR count). The molecular weight excluding hydrogens is 713 g/mol. The predicted molar refractivity (Wildman–Crippen MR) is 214 cm³/mol. The molecule has 2 aliphatic heterocycles. The minimum Gasteiger partial charge on any atom is -0.195 e. The van der Waals surface area contributed by atoms with Crippen LogP contribution in [0.1, 0.15) is 45.5 Å². The van der Waals surface area contributed by atoms with Crippen LogP contribution in [-0.4, -0.2) is 37.5 Å². The van der Waals surface area contributed by atoms with Gasteiger partial charge in [0.25, 0.3) is 20.4 Å². The Labute approximate surface area is 319 Å². The van der Waals surface area contributed by atoms with E-state index in [2.05, 4.69) is 9.44 Å². The van der Waals surface area contributed by atoms with Gasteiger partial charge in [0, 0.05) is 13.1 Å². The number of nitrogens with zero attached hydrogens (tertiary/aromatic N) is 2. The van der Waals surface area contributed by atoms with E-state index >= 15 is 0 Å². The Hall–Kier alpha value is -4.94. The summed E-state index contributed by atoms with van der Waals surface area (Å²) in [5, 5.41) is 0. The van der Waals surface area contributed by atoms with Gasteiger partial charge in [-0.15, -0.1) is 0 Å². The molecule has 4 atom stereocenters. The zero-order valence-electron chi connectivity index (χ0n) is 29.8. The highest BCUT2D eigenvalue weighted by Crippen LogP contribution is 2.35. The van der Waals surface area contributed by atoms with Crippen LogP contribution in [0.15, 0.2) is 182 Å². The topological polar surface area (TPSA) is 98.8 Å². The van der Waals surface area contributed by atoms with Gasteiger partial charge in [-0.2, -0.15) is 34.9 Å². The van der Waals surface area contributed by atoms with Crippen molar-refractivity contribution < 1.29 is 16.8 Å². The quantitative estimate of drug-likeness (QED) is 0.153. The summed E-state index contributed by atoms with van der Waals surface area (Å²) in [7, 11) is -7.14. The normalized spacial score (nSPS) is 21.9. The lowest BCUT2D eigenvalue weighted by Gasteiger charge is -2.25. The maximum Gasteiger partial charge on any atom is 0.280 e. The van der Waals surface area contributed by atoms with Crippen LogP contribution in [0.2, 0.25) is 0 Å². The summed E-state index contributed by atoms with van der Waals surface area (Å²) in [4.78, 5) is 0. The van der Waals surface area contributed by atoms with E-state index in [0.717, 1.165) is 33.4 Å². The highest BCUT2D eigenvalue weighted by atomic mass is 32.2. The third-order valence-electron chi connectivity index (χ3n) is 9.93. The fraction of sp³-hybridized carbons (Fsp3) is 0.182. The monoisotopic (exact) mass is 756 g/mol. The summed E-state index contributed by atoms with van der Waals surface area (Å²) >= 11 is 0. The molecule has 2 heterocycles. The molecule has 6 aromatic rings. The summed E-state index contributed by atoms with van der Waals surface area (Å²) < 4.78 is 60.8. The molecule has 54 heavy (non-hydrogen) atoms. The van der Waals surface area contributed by atoms with E-state index in [0.29, 0.717) is 25.9 Å². The van der Waals surface area contributed by atoms with Crippen LogP contribution >= 0.6 is 0 Å². The van der Waals surface area contributed by atoms with Crippen molar-refractivity contribution in [1.29, 1.82) is 0 Å². The predicted octanol–water partition coefficient (Wildman–Crippen LogP) is 7.38. The van der Waals surface area contributed by atoms with Crippen LogP contribution in [0, 0.1) is 0 Å². The fourth-order valence-corrected chi connectivity index (χ4v) is 10.5. The fourth-order valence-electron chi connectivity index (χ4n) is 7.29. The van der Waals surface area contributed by atoms with E-state index in [1.165, 1.54) is 0 Å². The van der Waals surface area contributed by atoms with E-state index < -0.39 is 20.4 Å². The zero-order chi connectivity index (χ0) is 37.4. The van der Waals surface area contributed by atoms with Crippen molar-refractivity contribution in [3.05, 3.63) is 215 Å². The summed E-state index contributed by atoms with van der Waals surface area (Å²) in [6, 6.07) is 58.3. The maximum atomic E-state index is 13.0. The van der Waals surface area contributed by atoms with Gasteiger partial charge in [0.2, 0.25) is 0 Å². The average molecular weight is 757 g/mol. The molecule has 0 aromatic heterocycles. The van der Waals surface area contributed by atoms with E-state index in [-0.39, 0.29) is 24.2 Å². The highest BCUT2D eigenvalue weighted by molar-refractivity contribution is 7.87. The second kappa shape index (κ2) is 17.0. The number of hydrogen-bond acceptors (Lipinski definition) is 4. The lowest BCUT2D eigenvalue weighted by molar-refractivity contribution is 0.308. The first-order chi connectivity index (χ1) is 26.3. The molecule has 0 unspecified atom stereocenters. The Morgan fingerprint density at radius 1 is 0.370 bits per heavy atom. The van der Waals surface area contributed by atoms with Gasteiger partial charge in [-0.25, -0.2) is 0 Å². The smallest absolute Gasteiger partial charge is 0.195 e. The van der Waals surface area contributed by atoms with Crippen molar-refractivity contribution in [3.8, 4) is 0 Å². The molecule has 8 nitrogen and oxygen atoms in total. The molecule has 10 heteroatoms. The van der Waals surface area contributed by atoms with Gasteiger partial charge >= 0.3 is 0 Å². The Kier molecular flexibility index (Phi) is 11.8. The number of rotatable bonds is 10. The number of benzene rings is 6. The van der Waals surface area contributed by atoms with Crippen LogP contribution < -0.4 is 9.44 Å². The average Bonchev–Trinajstić information content (AvgIpc) is 3.60. The number of hydrogen-bond donors (Lipinski definition) is 2. The summed E-state index contributed by atoms with van der Waals surface area (Å²) in [6.07, 6.45) is 1.30. The van der Waals surface area contributed by atoms with Crippen molar-refractivity contribution >= 4 is 20.4 Å². The number of nitrogens with one attached hydrogen (secondary N) is 2. The van der Waals surface area contributed by atoms with E-state index in [1.54, 1.807) is 8.61 Å². The second-order valence-electron chi connectivity index (χ2n) is 13.6. The van der Waals surface area contributed by atoms with Crippen LogP contribution in [0.5, 0.6) is 0 Å². The first kappa shape index (κ1) is 37.4. The second-order valence-corrected chi connectivity index (χ2v) is 16.9. The van der Waals surface area contributed by atoms with Crippen molar-refractivity contribution in [2.24, 2.45) is 0 Å². The first-order valence-electron chi connectivity index (χ1n) is 18.1.